The van der Waals surface area contributed by atoms with E-state index in [1.54, 1.807) is 11.8 Å². The van der Waals surface area contributed by atoms with Crippen molar-refractivity contribution < 1.29 is 9.59 Å². The fourth-order valence-corrected chi connectivity index (χ4v) is 5.16. The van der Waals surface area contributed by atoms with Crippen LogP contribution in [-0.4, -0.2) is 55.2 Å². The number of piperidine rings is 1. The van der Waals surface area contributed by atoms with Gasteiger partial charge >= 0.3 is 0 Å². The van der Waals surface area contributed by atoms with Crippen molar-refractivity contribution in [3.8, 4) is 0 Å². The van der Waals surface area contributed by atoms with Gasteiger partial charge in [-0.05, 0) is 55.8 Å². The number of hydrogen-bond acceptors (Lipinski definition) is 5. The van der Waals surface area contributed by atoms with E-state index in [9.17, 15) is 9.59 Å². The molecule has 2 fully saturated rings. The third-order valence-corrected chi connectivity index (χ3v) is 6.60. The highest BCUT2D eigenvalue weighted by atomic mass is 32.2. The van der Waals surface area contributed by atoms with Gasteiger partial charge in [0.2, 0.25) is 5.91 Å². The summed E-state index contributed by atoms with van der Waals surface area (Å²) in [6, 6.07) is 1.99. The Morgan fingerprint density at radius 1 is 1.42 bits per heavy atom. The van der Waals surface area contributed by atoms with Crippen LogP contribution in [0.1, 0.15) is 35.4 Å². The highest BCUT2D eigenvalue weighted by Crippen LogP contribution is 2.28. The Hall–Kier alpha value is -1.05. The summed E-state index contributed by atoms with van der Waals surface area (Å²) >= 11 is 3.14. The van der Waals surface area contributed by atoms with Gasteiger partial charge in [-0.2, -0.15) is 0 Å². The van der Waals surface area contributed by atoms with Crippen molar-refractivity contribution in [2.75, 3.05) is 32.4 Å². The van der Waals surface area contributed by atoms with Gasteiger partial charge in [0.15, 0.2) is 0 Å². The summed E-state index contributed by atoms with van der Waals surface area (Å²) in [7, 11) is 0. The van der Waals surface area contributed by atoms with Gasteiger partial charge in [0, 0.05) is 24.5 Å². The van der Waals surface area contributed by atoms with E-state index in [0.717, 1.165) is 55.1 Å². The number of thioether (sulfide) groups is 1. The van der Waals surface area contributed by atoms with E-state index >= 15 is 0 Å². The first-order valence-corrected chi connectivity index (χ1v) is 10.7. The lowest BCUT2D eigenvalue weighted by atomic mass is 9.97. The SMILES string of the molecule is CSc1ccsc1C(=O)N1CCCC(CNC(=O)C2CCCN2)C1. The quantitative estimate of drug-likeness (QED) is 0.783. The number of hydrogen-bond donors (Lipinski definition) is 2. The zero-order valence-electron chi connectivity index (χ0n) is 14.0. The molecule has 132 valence electrons. The normalized spacial score (nSPS) is 24.1. The van der Waals surface area contributed by atoms with E-state index in [0.29, 0.717) is 12.5 Å². The van der Waals surface area contributed by atoms with Gasteiger partial charge in [0.05, 0.1) is 6.04 Å². The monoisotopic (exact) mass is 367 g/mol. The fourth-order valence-electron chi connectivity index (χ4n) is 3.45. The smallest absolute Gasteiger partial charge is 0.265 e. The molecule has 2 amide bonds. The van der Waals surface area contributed by atoms with E-state index in [4.69, 9.17) is 0 Å². The Balaban J connectivity index is 1.52. The lowest BCUT2D eigenvalue weighted by molar-refractivity contribution is -0.123. The maximum Gasteiger partial charge on any atom is 0.265 e. The molecule has 2 atom stereocenters. The molecule has 2 N–H and O–H groups in total. The van der Waals surface area contributed by atoms with E-state index in [1.165, 1.54) is 11.3 Å². The van der Waals surface area contributed by atoms with Crippen molar-refractivity contribution in [3.05, 3.63) is 16.3 Å². The van der Waals surface area contributed by atoms with Crippen LogP contribution >= 0.6 is 23.1 Å². The molecule has 0 radical (unpaired) electrons. The van der Waals surface area contributed by atoms with Gasteiger partial charge in [0.25, 0.3) is 5.91 Å². The van der Waals surface area contributed by atoms with E-state index in [2.05, 4.69) is 10.6 Å². The maximum atomic E-state index is 12.8. The average Bonchev–Trinajstić information content (AvgIpc) is 3.30. The second kappa shape index (κ2) is 8.36. The number of rotatable bonds is 5. The predicted octanol–water partition coefficient (Wildman–Crippen LogP) is 2.19. The molecular weight excluding hydrogens is 342 g/mol. The van der Waals surface area contributed by atoms with Gasteiger partial charge in [-0.15, -0.1) is 23.1 Å². The molecule has 7 heteroatoms. The van der Waals surface area contributed by atoms with Crippen LogP contribution in [0, 0.1) is 5.92 Å². The Morgan fingerprint density at radius 2 is 2.29 bits per heavy atom. The molecule has 3 heterocycles. The number of nitrogens with one attached hydrogen (secondary N) is 2. The van der Waals surface area contributed by atoms with Crippen molar-refractivity contribution in [1.29, 1.82) is 0 Å². The Morgan fingerprint density at radius 3 is 3.04 bits per heavy atom. The van der Waals surface area contributed by atoms with Gasteiger partial charge < -0.3 is 15.5 Å². The van der Waals surface area contributed by atoms with Gasteiger partial charge in [-0.25, -0.2) is 0 Å². The van der Waals surface area contributed by atoms with Crippen molar-refractivity contribution >= 4 is 34.9 Å². The molecule has 2 aliphatic heterocycles. The molecule has 0 aromatic carbocycles. The van der Waals surface area contributed by atoms with Crippen LogP contribution in [0.4, 0.5) is 0 Å². The van der Waals surface area contributed by atoms with Crippen molar-refractivity contribution in [2.24, 2.45) is 5.92 Å². The van der Waals surface area contributed by atoms with E-state index in [-0.39, 0.29) is 17.9 Å². The summed E-state index contributed by atoms with van der Waals surface area (Å²) < 4.78 is 0. The minimum absolute atomic E-state index is 0.0263. The number of nitrogens with zero attached hydrogens (tertiary/aromatic N) is 1. The fraction of sp³-hybridized carbons (Fsp3) is 0.647. The summed E-state index contributed by atoms with van der Waals surface area (Å²) in [5.74, 6) is 0.604. The first kappa shape index (κ1) is 17.8. The number of carbonyl (C=O) groups excluding carboxylic acids is 2. The Labute approximate surface area is 151 Å². The van der Waals surface area contributed by atoms with Crippen molar-refractivity contribution in [1.82, 2.24) is 15.5 Å². The van der Waals surface area contributed by atoms with Gasteiger partial charge in [0.1, 0.15) is 4.88 Å². The third-order valence-electron chi connectivity index (χ3n) is 4.79. The van der Waals surface area contributed by atoms with Crippen molar-refractivity contribution in [3.63, 3.8) is 0 Å². The zero-order chi connectivity index (χ0) is 16.9. The average molecular weight is 368 g/mol. The molecule has 2 unspecified atom stereocenters. The van der Waals surface area contributed by atoms with Crippen LogP contribution in [0.5, 0.6) is 0 Å². The standard InChI is InChI=1S/C17H25N3O2S2/c1-23-14-6-9-24-15(14)17(22)20-8-3-4-12(11-20)10-19-16(21)13-5-2-7-18-13/h6,9,12-13,18H,2-5,7-8,10-11H2,1H3,(H,19,21). The first-order chi connectivity index (χ1) is 11.7. The number of thiophene rings is 1. The minimum Gasteiger partial charge on any atom is -0.354 e. The van der Waals surface area contributed by atoms with Crippen LogP contribution in [0.15, 0.2) is 16.3 Å². The van der Waals surface area contributed by atoms with Crippen molar-refractivity contribution in [2.45, 2.75) is 36.6 Å². The molecule has 0 spiro atoms. The summed E-state index contributed by atoms with van der Waals surface area (Å²) in [4.78, 5) is 28.7. The van der Waals surface area contributed by atoms with Crippen LogP contribution in [-0.2, 0) is 4.79 Å². The highest BCUT2D eigenvalue weighted by Gasteiger charge is 2.28. The highest BCUT2D eigenvalue weighted by molar-refractivity contribution is 7.98. The molecule has 0 bridgehead atoms. The van der Waals surface area contributed by atoms with Crippen LogP contribution < -0.4 is 10.6 Å². The van der Waals surface area contributed by atoms with E-state index in [1.807, 2.05) is 22.6 Å². The Kier molecular flexibility index (Phi) is 6.19. The summed E-state index contributed by atoms with van der Waals surface area (Å²) in [6.07, 6.45) is 6.08. The maximum absolute atomic E-state index is 12.8. The molecular formula is C17H25N3O2S2. The first-order valence-electron chi connectivity index (χ1n) is 8.61. The molecule has 24 heavy (non-hydrogen) atoms. The predicted molar refractivity (Wildman–Crippen MR) is 98.8 cm³/mol. The molecule has 5 nitrogen and oxygen atoms in total. The van der Waals surface area contributed by atoms with Gasteiger partial charge in [-0.1, -0.05) is 0 Å². The molecule has 2 saturated heterocycles. The number of carbonyl (C=O) groups is 2. The third kappa shape index (κ3) is 4.13. The number of amides is 2. The van der Waals surface area contributed by atoms with Crippen LogP contribution in [0.3, 0.4) is 0 Å². The molecule has 0 saturated carbocycles. The lowest BCUT2D eigenvalue weighted by Crippen LogP contribution is -2.46. The molecule has 3 rings (SSSR count). The lowest BCUT2D eigenvalue weighted by Gasteiger charge is -2.33. The Bertz CT molecular complexity index is 584. The summed E-state index contributed by atoms with van der Waals surface area (Å²) in [5, 5.41) is 8.28. The van der Waals surface area contributed by atoms with E-state index < -0.39 is 0 Å². The number of likely N-dealkylation sites (tertiary alicyclic amines) is 1. The topological polar surface area (TPSA) is 61.4 Å². The van der Waals surface area contributed by atoms with Crippen LogP contribution in [0.25, 0.3) is 0 Å². The van der Waals surface area contributed by atoms with Gasteiger partial charge in [-0.3, -0.25) is 9.59 Å². The zero-order valence-corrected chi connectivity index (χ0v) is 15.7. The summed E-state index contributed by atoms with van der Waals surface area (Å²) in [5.41, 5.74) is 0. The second-order valence-corrected chi connectivity index (χ2v) is 8.24. The summed E-state index contributed by atoms with van der Waals surface area (Å²) in [6.45, 7) is 3.16. The minimum atomic E-state index is -0.0263. The largest absolute Gasteiger partial charge is 0.354 e. The van der Waals surface area contributed by atoms with Crippen LogP contribution in [0.2, 0.25) is 0 Å². The molecule has 1 aromatic rings. The second-order valence-electron chi connectivity index (χ2n) is 6.47. The molecule has 2 aliphatic rings. The molecule has 0 aliphatic carbocycles. The molecule has 1 aromatic heterocycles.